The van der Waals surface area contributed by atoms with E-state index in [9.17, 15) is 4.79 Å². The summed E-state index contributed by atoms with van der Waals surface area (Å²) in [5.74, 6) is 1.02. The number of nitrogens with zero attached hydrogens (tertiary/aromatic N) is 4. The minimum Gasteiger partial charge on any atom is -0.481 e. The van der Waals surface area contributed by atoms with Gasteiger partial charge in [-0.25, -0.2) is 15.0 Å². The van der Waals surface area contributed by atoms with Gasteiger partial charge in [0.1, 0.15) is 17.8 Å². The van der Waals surface area contributed by atoms with Crippen molar-refractivity contribution >= 4 is 5.78 Å². The van der Waals surface area contributed by atoms with Gasteiger partial charge in [-0.1, -0.05) is 0 Å². The van der Waals surface area contributed by atoms with Gasteiger partial charge >= 0.3 is 0 Å². The number of rotatable bonds is 5. The van der Waals surface area contributed by atoms with E-state index in [2.05, 4.69) is 15.0 Å². The van der Waals surface area contributed by atoms with E-state index in [1.54, 1.807) is 6.20 Å². The number of ketones is 1. The van der Waals surface area contributed by atoms with Crippen molar-refractivity contribution in [2.45, 2.75) is 19.9 Å². The maximum atomic E-state index is 12.0. The summed E-state index contributed by atoms with van der Waals surface area (Å²) < 4.78 is 6.89. The van der Waals surface area contributed by atoms with Crippen molar-refractivity contribution in [2.24, 2.45) is 0 Å². The molecule has 0 aliphatic rings. The van der Waals surface area contributed by atoms with Crippen LogP contribution in [0.25, 0.3) is 0 Å². The number of imidazole rings is 1. The second-order valence-electron chi connectivity index (χ2n) is 3.68. The average Bonchev–Trinajstić information content (AvgIpc) is 2.86. The molecule has 6 heteroatoms. The number of carbonyl (C=O) groups is 1. The Kier molecular flexibility index (Phi) is 3.66. The molecule has 0 aliphatic heterocycles. The molecule has 0 N–H and O–H groups in total. The number of hydrogen-bond donors (Lipinski definition) is 0. The maximum absolute atomic E-state index is 12.0. The summed E-state index contributed by atoms with van der Waals surface area (Å²) in [6, 6.07) is 1.53. The Morgan fingerprint density at radius 3 is 2.94 bits per heavy atom. The highest BCUT2D eigenvalue weighted by Gasteiger charge is 2.13. The van der Waals surface area contributed by atoms with Crippen LogP contribution in [0.4, 0.5) is 0 Å². The molecule has 0 radical (unpaired) electrons. The molecule has 0 amide bonds. The molecule has 0 aliphatic carbocycles. The predicted molar refractivity (Wildman–Crippen MR) is 64.5 cm³/mol. The lowest BCUT2D eigenvalue weighted by molar-refractivity contribution is 0.0984. The Bertz CT molecular complexity index is 551. The van der Waals surface area contributed by atoms with Gasteiger partial charge in [0, 0.05) is 25.0 Å². The number of aromatic nitrogens is 4. The minimum atomic E-state index is -0.100. The van der Waals surface area contributed by atoms with Crippen LogP contribution in [0.5, 0.6) is 5.88 Å². The van der Waals surface area contributed by atoms with Crippen molar-refractivity contribution in [2.75, 3.05) is 7.11 Å². The lowest BCUT2D eigenvalue weighted by Crippen LogP contribution is -2.11. The van der Waals surface area contributed by atoms with E-state index >= 15 is 0 Å². The lowest BCUT2D eigenvalue weighted by atomic mass is 10.2. The van der Waals surface area contributed by atoms with Crippen molar-refractivity contribution in [3.63, 3.8) is 0 Å². The first-order valence-corrected chi connectivity index (χ1v) is 5.63. The molecule has 2 aromatic heterocycles. The van der Waals surface area contributed by atoms with E-state index in [1.165, 1.54) is 19.5 Å². The first-order valence-electron chi connectivity index (χ1n) is 5.63. The molecule has 0 saturated heterocycles. The number of methoxy groups -OCH3 is 1. The summed E-state index contributed by atoms with van der Waals surface area (Å²) in [5, 5.41) is 0. The number of aryl methyl sites for hydroxylation is 1. The average molecular weight is 246 g/mol. The van der Waals surface area contributed by atoms with Crippen molar-refractivity contribution < 1.29 is 9.53 Å². The van der Waals surface area contributed by atoms with E-state index in [0.29, 0.717) is 11.6 Å². The van der Waals surface area contributed by atoms with Crippen molar-refractivity contribution in [1.82, 2.24) is 19.5 Å². The van der Waals surface area contributed by atoms with Crippen LogP contribution in [0, 0.1) is 0 Å². The Labute approximate surface area is 105 Å². The van der Waals surface area contributed by atoms with Gasteiger partial charge in [0.05, 0.1) is 13.5 Å². The maximum Gasteiger partial charge on any atom is 0.216 e. The van der Waals surface area contributed by atoms with E-state index in [4.69, 9.17) is 4.74 Å². The molecule has 6 nitrogen and oxygen atoms in total. The van der Waals surface area contributed by atoms with Gasteiger partial charge in [0.15, 0.2) is 5.78 Å². The summed E-state index contributed by atoms with van der Waals surface area (Å²) >= 11 is 0. The van der Waals surface area contributed by atoms with E-state index in [1.807, 2.05) is 17.7 Å². The quantitative estimate of drug-likeness (QED) is 0.739. The molecular formula is C12H14N4O2. The highest BCUT2D eigenvalue weighted by atomic mass is 16.5. The molecule has 94 valence electrons. The van der Waals surface area contributed by atoms with Gasteiger partial charge in [-0.3, -0.25) is 4.79 Å². The molecule has 2 aromatic rings. The molecule has 0 spiro atoms. The molecule has 0 aromatic carbocycles. The molecule has 0 bridgehead atoms. The van der Waals surface area contributed by atoms with Gasteiger partial charge in [0.25, 0.3) is 0 Å². The van der Waals surface area contributed by atoms with Crippen LogP contribution in [0.2, 0.25) is 0 Å². The smallest absolute Gasteiger partial charge is 0.216 e. The topological polar surface area (TPSA) is 69.9 Å². The Balaban J connectivity index is 2.16. The molecule has 18 heavy (non-hydrogen) atoms. The summed E-state index contributed by atoms with van der Waals surface area (Å²) in [6.45, 7) is 2.79. The first-order chi connectivity index (χ1) is 8.74. The van der Waals surface area contributed by atoms with Gasteiger partial charge < -0.3 is 9.30 Å². The summed E-state index contributed by atoms with van der Waals surface area (Å²) in [6.07, 6.45) is 5.08. The van der Waals surface area contributed by atoms with Crippen molar-refractivity contribution in [1.29, 1.82) is 0 Å². The number of ether oxygens (including phenoxy) is 1. The van der Waals surface area contributed by atoms with Crippen LogP contribution in [-0.2, 0) is 13.0 Å². The fourth-order valence-electron chi connectivity index (χ4n) is 1.63. The summed E-state index contributed by atoms with van der Waals surface area (Å²) in [7, 11) is 1.50. The molecule has 2 heterocycles. The van der Waals surface area contributed by atoms with E-state index in [0.717, 1.165) is 12.4 Å². The zero-order valence-corrected chi connectivity index (χ0v) is 10.3. The van der Waals surface area contributed by atoms with Crippen LogP contribution >= 0.6 is 0 Å². The van der Waals surface area contributed by atoms with Gasteiger partial charge in [0.2, 0.25) is 5.88 Å². The molecular weight excluding hydrogens is 232 g/mol. The van der Waals surface area contributed by atoms with Crippen LogP contribution in [-0.4, -0.2) is 32.4 Å². The lowest BCUT2D eigenvalue weighted by Gasteiger charge is -2.04. The predicted octanol–water partition coefficient (Wildman–Crippen LogP) is 1.13. The largest absolute Gasteiger partial charge is 0.481 e. The van der Waals surface area contributed by atoms with Crippen LogP contribution in [0.1, 0.15) is 23.2 Å². The standard InChI is InChI=1S/C12H14N4O2/c1-3-16-5-4-13-11(16)7-10(17)9-6-12(18-2)15-8-14-9/h4-6,8H,3,7H2,1-2H3. The van der Waals surface area contributed by atoms with Crippen LogP contribution in [0.3, 0.4) is 0 Å². The molecule has 0 fully saturated rings. The second kappa shape index (κ2) is 5.39. The summed E-state index contributed by atoms with van der Waals surface area (Å²) in [5.41, 5.74) is 0.340. The minimum absolute atomic E-state index is 0.100. The molecule has 0 unspecified atom stereocenters. The first kappa shape index (κ1) is 12.2. The van der Waals surface area contributed by atoms with E-state index in [-0.39, 0.29) is 12.2 Å². The third-order valence-electron chi connectivity index (χ3n) is 2.60. The molecule has 0 atom stereocenters. The SMILES string of the molecule is CCn1ccnc1CC(=O)c1cc(OC)ncn1. The highest BCUT2D eigenvalue weighted by Crippen LogP contribution is 2.09. The van der Waals surface area contributed by atoms with Gasteiger partial charge in [-0.05, 0) is 6.92 Å². The Morgan fingerprint density at radius 1 is 1.39 bits per heavy atom. The normalized spacial score (nSPS) is 10.3. The fourth-order valence-corrected chi connectivity index (χ4v) is 1.63. The zero-order valence-electron chi connectivity index (χ0n) is 10.3. The van der Waals surface area contributed by atoms with Crippen molar-refractivity contribution in [3.05, 3.63) is 36.3 Å². The Morgan fingerprint density at radius 2 is 2.22 bits per heavy atom. The third kappa shape index (κ3) is 2.53. The zero-order chi connectivity index (χ0) is 13.0. The number of Topliss-reactive ketones (excluding diaryl/α,β-unsaturated/α-hetero) is 1. The van der Waals surface area contributed by atoms with Gasteiger partial charge in [-0.15, -0.1) is 0 Å². The van der Waals surface area contributed by atoms with E-state index < -0.39 is 0 Å². The summed E-state index contributed by atoms with van der Waals surface area (Å²) in [4.78, 5) is 24.0. The number of carbonyl (C=O) groups excluding carboxylic acids is 1. The van der Waals surface area contributed by atoms with Gasteiger partial charge in [-0.2, -0.15) is 0 Å². The molecule has 0 saturated carbocycles. The third-order valence-corrected chi connectivity index (χ3v) is 2.60. The number of hydrogen-bond acceptors (Lipinski definition) is 5. The monoisotopic (exact) mass is 246 g/mol. The fraction of sp³-hybridized carbons (Fsp3) is 0.333. The Hall–Kier alpha value is -2.24. The van der Waals surface area contributed by atoms with Crippen LogP contribution < -0.4 is 4.74 Å². The molecule has 2 rings (SSSR count). The van der Waals surface area contributed by atoms with Crippen molar-refractivity contribution in [3.8, 4) is 5.88 Å². The van der Waals surface area contributed by atoms with Crippen LogP contribution in [0.15, 0.2) is 24.8 Å². The highest BCUT2D eigenvalue weighted by molar-refractivity contribution is 5.95. The second-order valence-corrected chi connectivity index (χ2v) is 3.68.